The number of aromatic nitrogens is 1. The number of nitrogens with zero attached hydrogens (tertiary/aromatic N) is 2. The van der Waals surface area contributed by atoms with E-state index in [4.69, 9.17) is 4.74 Å². The highest BCUT2D eigenvalue weighted by atomic mass is 32.2. The summed E-state index contributed by atoms with van der Waals surface area (Å²) in [6, 6.07) is 7.85. The van der Waals surface area contributed by atoms with Gasteiger partial charge < -0.3 is 9.64 Å². The zero-order chi connectivity index (χ0) is 15.9. The van der Waals surface area contributed by atoms with Gasteiger partial charge in [-0.2, -0.15) is 0 Å². The van der Waals surface area contributed by atoms with E-state index >= 15 is 0 Å². The molecule has 6 heteroatoms. The maximum atomic E-state index is 11.9. The minimum Gasteiger partial charge on any atom is -0.494 e. The molecule has 2 aromatic rings. The maximum absolute atomic E-state index is 11.9. The first-order valence-electron chi connectivity index (χ1n) is 7.33. The summed E-state index contributed by atoms with van der Waals surface area (Å²) in [7, 11) is -1.33. The lowest BCUT2D eigenvalue weighted by molar-refractivity contribution is 0.419. The fourth-order valence-electron chi connectivity index (χ4n) is 2.93. The third-order valence-corrected chi connectivity index (χ3v) is 6.33. The number of methoxy groups -OCH3 is 1. The molecule has 0 amide bonds. The van der Waals surface area contributed by atoms with E-state index in [1.807, 2.05) is 31.2 Å². The molecule has 3 rings (SSSR count). The second-order valence-corrected chi connectivity index (χ2v) is 8.30. The topological polar surface area (TPSA) is 59.5 Å². The highest BCUT2D eigenvalue weighted by molar-refractivity contribution is 7.92. The van der Waals surface area contributed by atoms with Crippen molar-refractivity contribution in [1.29, 1.82) is 0 Å². The number of fused-ring (bicyclic) bond motifs is 1. The largest absolute Gasteiger partial charge is 0.494 e. The summed E-state index contributed by atoms with van der Waals surface area (Å²) in [6.45, 7) is 4.75. The van der Waals surface area contributed by atoms with Crippen LogP contribution in [0.3, 0.4) is 0 Å². The third kappa shape index (κ3) is 2.52. The molecule has 0 saturated carbocycles. The predicted octanol–water partition coefficient (Wildman–Crippen LogP) is 2.18. The average Bonchev–Trinajstić information content (AvgIpc) is 2.48. The number of rotatable bonds is 2. The zero-order valence-electron chi connectivity index (χ0n) is 13.0. The number of benzene rings is 1. The van der Waals surface area contributed by atoms with E-state index in [0.717, 1.165) is 28.0 Å². The lowest BCUT2D eigenvalue weighted by atomic mass is 10.1. The number of pyridine rings is 1. The summed E-state index contributed by atoms with van der Waals surface area (Å²) in [5.74, 6) is 0.932. The molecule has 1 aromatic heterocycles. The Labute approximate surface area is 130 Å². The average molecular weight is 320 g/mol. The van der Waals surface area contributed by atoms with E-state index in [1.54, 1.807) is 14.0 Å². The van der Waals surface area contributed by atoms with Crippen molar-refractivity contribution in [1.82, 2.24) is 4.98 Å². The summed E-state index contributed by atoms with van der Waals surface area (Å²) in [5, 5.41) is 0.645. The highest BCUT2D eigenvalue weighted by Crippen LogP contribution is 2.33. The van der Waals surface area contributed by atoms with Gasteiger partial charge in [-0.05, 0) is 26.0 Å². The van der Waals surface area contributed by atoms with Crippen LogP contribution >= 0.6 is 0 Å². The molecule has 0 N–H and O–H groups in total. The molecule has 0 radical (unpaired) electrons. The van der Waals surface area contributed by atoms with Crippen molar-refractivity contribution in [2.45, 2.75) is 19.1 Å². The van der Waals surface area contributed by atoms with Crippen LogP contribution < -0.4 is 9.64 Å². The molecule has 1 saturated heterocycles. The van der Waals surface area contributed by atoms with Crippen molar-refractivity contribution >= 4 is 26.4 Å². The molecule has 1 aliphatic heterocycles. The van der Waals surface area contributed by atoms with Crippen molar-refractivity contribution in [2.24, 2.45) is 0 Å². The summed E-state index contributed by atoms with van der Waals surface area (Å²) in [4.78, 5) is 6.72. The first kappa shape index (κ1) is 15.1. The number of sulfone groups is 1. The smallest absolute Gasteiger partial charge is 0.156 e. The van der Waals surface area contributed by atoms with Crippen molar-refractivity contribution in [3.8, 4) is 5.75 Å². The molecule has 1 aliphatic rings. The van der Waals surface area contributed by atoms with Gasteiger partial charge in [0.05, 0.1) is 18.1 Å². The van der Waals surface area contributed by atoms with Gasteiger partial charge in [0.2, 0.25) is 0 Å². The highest BCUT2D eigenvalue weighted by Gasteiger charge is 2.30. The molecule has 1 atom stereocenters. The molecule has 118 valence electrons. The Bertz CT molecular complexity index is 817. The van der Waals surface area contributed by atoms with Crippen LogP contribution in [-0.2, 0) is 9.84 Å². The molecule has 22 heavy (non-hydrogen) atoms. The molecule has 2 heterocycles. The van der Waals surface area contributed by atoms with Crippen LogP contribution in [0.2, 0.25) is 0 Å². The van der Waals surface area contributed by atoms with Crippen LogP contribution in [-0.4, -0.2) is 44.6 Å². The Balaban J connectivity index is 2.12. The first-order valence-corrected chi connectivity index (χ1v) is 9.05. The lowest BCUT2D eigenvalue weighted by Crippen LogP contribution is -2.45. The summed E-state index contributed by atoms with van der Waals surface area (Å²) in [6.07, 6.45) is 0. The quantitative estimate of drug-likeness (QED) is 0.849. The summed E-state index contributed by atoms with van der Waals surface area (Å²) >= 11 is 0. The van der Waals surface area contributed by atoms with E-state index in [-0.39, 0.29) is 11.0 Å². The molecular weight excluding hydrogens is 300 g/mol. The van der Waals surface area contributed by atoms with E-state index in [1.165, 1.54) is 0 Å². The number of anilines is 1. The Morgan fingerprint density at radius 1 is 1.36 bits per heavy atom. The van der Waals surface area contributed by atoms with Gasteiger partial charge in [-0.15, -0.1) is 0 Å². The minimum absolute atomic E-state index is 0.195. The van der Waals surface area contributed by atoms with Crippen LogP contribution in [0, 0.1) is 6.92 Å². The van der Waals surface area contributed by atoms with Gasteiger partial charge in [0.15, 0.2) is 9.84 Å². The van der Waals surface area contributed by atoms with Gasteiger partial charge in [0, 0.05) is 29.9 Å². The molecule has 0 spiro atoms. The molecule has 0 aliphatic carbocycles. The number of hydrogen-bond donors (Lipinski definition) is 0. The van der Waals surface area contributed by atoms with Crippen LogP contribution in [0.5, 0.6) is 5.75 Å². The van der Waals surface area contributed by atoms with Crippen LogP contribution in [0.15, 0.2) is 24.3 Å². The monoisotopic (exact) mass is 320 g/mol. The third-order valence-electron chi connectivity index (χ3n) is 4.21. The molecule has 0 bridgehead atoms. The van der Waals surface area contributed by atoms with Crippen LogP contribution in [0.1, 0.15) is 12.6 Å². The van der Waals surface area contributed by atoms with E-state index in [9.17, 15) is 8.42 Å². The molecule has 5 nitrogen and oxygen atoms in total. The Kier molecular flexibility index (Phi) is 3.72. The Morgan fingerprint density at radius 2 is 2.14 bits per heavy atom. The second kappa shape index (κ2) is 5.43. The van der Waals surface area contributed by atoms with Gasteiger partial charge in [0.1, 0.15) is 11.3 Å². The zero-order valence-corrected chi connectivity index (χ0v) is 13.9. The Morgan fingerprint density at radius 3 is 2.82 bits per heavy atom. The lowest BCUT2D eigenvalue weighted by Gasteiger charge is -2.33. The number of aryl methyl sites for hydroxylation is 1. The summed E-state index contributed by atoms with van der Waals surface area (Å²) in [5.41, 5.74) is 2.75. The maximum Gasteiger partial charge on any atom is 0.156 e. The fourth-order valence-corrected chi connectivity index (χ4v) is 4.21. The number of para-hydroxylation sites is 1. The van der Waals surface area contributed by atoms with E-state index in [2.05, 4.69) is 9.88 Å². The van der Waals surface area contributed by atoms with Crippen molar-refractivity contribution in [2.75, 3.05) is 30.9 Å². The van der Waals surface area contributed by atoms with Crippen LogP contribution in [0.4, 0.5) is 5.69 Å². The van der Waals surface area contributed by atoms with Crippen molar-refractivity contribution < 1.29 is 13.2 Å². The molecular formula is C16H20N2O3S. The standard InChI is InChI=1S/C16H20N2O3S/c1-11-9-14(18-7-8-22(19,20)12(2)10-18)13-5-4-6-15(21-3)16(13)17-11/h4-6,9,12H,7-8,10H2,1-3H3/t12-/m1/s1. The van der Waals surface area contributed by atoms with E-state index in [0.29, 0.717) is 13.1 Å². The molecule has 1 aromatic carbocycles. The van der Waals surface area contributed by atoms with Crippen molar-refractivity contribution in [3.63, 3.8) is 0 Å². The van der Waals surface area contributed by atoms with Crippen molar-refractivity contribution in [3.05, 3.63) is 30.0 Å². The van der Waals surface area contributed by atoms with Gasteiger partial charge in [-0.1, -0.05) is 12.1 Å². The van der Waals surface area contributed by atoms with Gasteiger partial charge in [-0.25, -0.2) is 13.4 Å². The van der Waals surface area contributed by atoms with Gasteiger partial charge in [0.25, 0.3) is 0 Å². The molecule has 0 unspecified atom stereocenters. The predicted molar refractivity (Wildman–Crippen MR) is 88.5 cm³/mol. The SMILES string of the molecule is COc1cccc2c(N3CCS(=O)(=O)[C@H](C)C3)cc(C)nc12. The summed E-state index contributed by atoms with van der Waals surface area (Å²) < 4.78 is 29.3. The molecule has 1 fully saturated rings. The first-order chi connectivity index (χ1) is 10.4. The van der Waals surface area contributed by atoms with Crippen LogP contribution in [0.25, 0.3) is 10.9 Å². The van der Waals surface area contributed by atoms with Gasteiger partial charge >= 0.3 is 0 Å². The normalized spacial score (nSPS) is 21.0. The Hall–Kier alpha value is -1.82. The number of ether oxygens (including phenoxy) is 1. The van der Waals surface area contributed by atoms with E-state index < -0.39 is 9.84 Å². The van der Waals surface area contributed by atoms with Gasteiger partial charge in [-0.3, -0.25) is 0 Å². The number of hydrogen-bond acceptors (Lipinski definition) is 5. The fraction of sp³-hybridized carbons (Fsp3) is 0.438. The minimum atomic E-state index is -2.96. The second-order valence-electron chi connectivity index (χ2n) is 5.76.